The normalized spacial score (nSPS) is 11.1. The molecule has 0 unspecified atom stereocenters. The maximum Gasteiger partial charge on any atom is 0.338 e. The van der Waals surface area contributed by atoms with E-state index in [1.165, 1.54) is 19.2 Å². The van der Waals surface area contributed by atoms with Gasteiger partial charge in [0.25, 0.3) is 5.69 Å². The lowest BCUT2D eigenvalue weighted by atomic mass is 10.0. The first-order chi connectivity index (χ1) is 10.5. The summed E-state index contributed by atoms with van der Waals surface area (Å²) in [4.78, 5) is 22.7. The number of hydrogen-bond acceptors (Lipinski definition) is 4. The average molecular weight is 362 g/mol. The number of rotatable bonds is 4. The number of nitrogens with zero attached hydrogens (tertiary/aromatic N) is 1. The van der Waals surface area contributed by atoms with Crippen LogP contribution in [0, 0.1) is 10.1 Å². The molecule has 0 amide bonds. The summed E-state index contributed by atoms with van der Waals surface area (Å²) in [6.45, 7) is 0. The van der Waals surface area contributed by atoms with Gasteiger partial charge in [-0.25, -0.2) is 4.79 Å². The summed E-state index contributed by atoms with van der Waals surface area (Å²) in [6.07, 6.45) is 1.57. The minimum absolute atomic E-state index is 0.127. The molecule has 0 bridgehead atoms. The molecule has 0 aliphatic rings. The Kier molecular flexibility index (Phi) is 5.06. The Morgan fingerprint density at radius 1 is 1.18 bits per heavy atom. The zero-order valence-corrected chi connectivity index (χ0v) is 13.2. The van der Waals surface area contributed by atoms with Crippen LogP contribution >= 0.6 is 15.9 Å². The molecule has 0 heterocycles. The van der Waals surface area contributed by atoms with Crippen molar-refractivity contribution in [2.24, 2.45) is 0 Å². The van der Waals surface area contributed by atoms with Gasteiger partial charge in [0.15, 0.2) is 0 Å². The van der Waals surface area contributed by atoms with E-state index >= 15 is 0 Å². The summed E-state index contributed by atoms with van der Waals surface area (Å²) >= 11 is 3.39. The predicted molar refractivity (Wildman–Crippen MR) is 87.1 cm³/mol. The van der Waals surface area contributed by atoms with E-state index in [9.17, 15) is 14.9 Å². The summed E-state index contributed by atoms with van der Waals surface area (Å²) in [5, 5.41) is 11.2. The van der Waals surface area contributed by atoms with E-state index in [4.69, 9.17) is 4.74 Å². The second-order valence-corrected chi connectivity index (χ2v) is 5.20. The largest absolute Gasteiger partial charge is 0.465 e. The SMILES string of the molecule is COC(=O)/C(=C/c1ccccc1Br)c1ccccc1[N+](=O)[O-]. The smallest absolute Gasteiger partial charge is 0.338 e. The first-order valence-electron chi connectivity index (χ1n) is 6.33. The summed E-state index contributed by atoms with van der Waals surface area (Å²) in [5.41, 5.74) is 0.920. The van der Waals surface area contributed by atoms with Crippen molar-refractivity contribution in [3.63, 3.8) is 0 Å². The lowest BCUT2D eigenvalue weighted by molar-refractivity contribution is -0.385. The van der Waals surface area contributed by atoms with Crippen molar-refractivity contribution in [1.82, 2.24) is 0 Å². The highest BCUT2D eigenvalue weighted by Crippen LogP contribution is 2.30. The number of nitro benzene ring substituents is 1. The predicted octanol–water partition coefficient (Wildman–Crippen LogP) is 4.07. The van der Waals surface area contributed by atoms with Crippen molar-refractivity contribution in [2.75, 3.05) is 7.11 Å². The van der Waals surface area contributed by atoms with Gasteiger partial charge in [0.1, 0.15) is 0 Å². The fourth-order valence-corrected chi connectivity index (χ4v) is 2.36. The highest BCUT2D eigenvalue weighted by molar-refractivity contribution is 9.10. The van der Waals surface area contributed by atoms with Gasteiger partial charge in [-0.1, -0.05) is 46.3 Å². The van der Waals surface area contributed by atoms with E-state index in [2.05, 4.69) is 15.9 Å². The third-order valence-electron chi connectivity index (χ3n) is 3.00. The first kappa shape index (κ1) is 15.9. The van der Waals surface area contributed by atoms with E-state index in [1.807, 2.05) is 18.2 Å². The molecule has 0 spiro atoms. The molecule has 0 atom stereocenters. The quantitative estimate of drug-likeness (QED) is 0.270. The number of para-hydroxylation sites is 1. The van der Waals surface area contributed by atoms with Gasteiger partial charge in [0.2, 0.25) is 0 Å². The number of halogens is 1. The summed E-state index contributed by atoms with van der Waals surface area (Å²) < 4.78 is 5.54. The Hall–Kier alpha value is -2.47. The number of carbonyl (C=O) groups is 1. The molecule has 5 nitrogen and oxygen atoms in total. The van der Waals surface area contributed by atoms with Gasteiger partial charge in [-0.2, -0.15) is 0 Å². The van der Waals surface area contributed by atoms with Gasteiger partial charge in [-0.3, -0.25) is 10.1 Å². The Balaban J connectivity index is 2.65. The van der Waals surface area contributed by atoms with E-state index in [1.54, 1.807) is 24.3 Å². The summed E-state index contributed by atoms with van der Waals surface area (Å²) in [5.74, 6) is -0.634. The molecule has 0 aliphatic carbocycles. The van der Waals surface area contributed by atoms with Gasteiger partial charge >= 0.3 is 5.97 Å². The van der Waals surface area contributed by atoms with Crippen molar-refractivity contribution in [2.45, 2.75) is 0 Å². The van der Waals surface area contributed by atoms with E-state index in [-0.39, 0.29) is 16.8 Å². The van der Waals surface area contributed by atoms with Crippen LogP contribution in [0.3, 0.4) is 0 Å². The van der Waals surface area contributed by atoms with E-state index in [0.717, 1.165) is 10.0 Å². The lowest BCUT2D eigenvalue weighted by Crippen LogP contribution is -2.06. The van der Waals surface area contributed by atoms with E-state index in [0.29, 0.717) is 0 Å². The maximum absolute atomic E-state index is 12.1. The third kappa shape index (κ3) is 3.40. The maximum atomic E-state index is 12.1. The highest BCUT2D eigenvalue weighted by atomic mass is 79.9. The minimum Gasteiger partial charge on any atom is -0.465 e. The lowest BCUT2D eigenvalue weighted by Gasteiger charge is -2.07. The van der Waals surface area contributed by atoms with Crippen molar-refractivity contribution >= 4 is 39.2 Å². The van der Waals surface area contributed by atoms with Gasteiger partial charge in [-0.05, 0) is 23.8 Å². The fraction of sp³-hybridized carbons (Fsp3) is 0.0625. The molecule has 22 heavy (non-hydrogen) atoms. The number of methoxy groups -OCH3 is 1. The molecule has 0 aromatic heterocycles. The highest BCUT2D eigenvalue weighted by Gasteiger charge is 2.22. The molecule has 0 saturated heterocycles. The molecule has 0 saturated carbocycles. The molecule has 2 aromatic carbocycles. The van der Waals surface area contributed by atoms with Crippen LogP contribution in [-0.2, 0) is 9.53 Å². The molecule has 0 fully saturated rings. The van der Waals surface area contributed by atoms with Crippen LogP contribution in [0.5, 0.6) is 0 Å². The zero-order valence-electron chi connectivity index (χ0n) is 11.7. The molecule has 0 N–H and O–H groups in total. The zero-order chi connectivity index (χ0) is 16.1. The van der Waals surface area contributed by atoms with Crippen LogP contribution in [0.1, 0.15) is 11.1 Å². The molecule has 6 heteroatoms. The molecule has 0 radical (unpaired) electrons. The Morgan fingerprint density at radius 2 is 1.82 bits per heavy atom. The number of hydrogen-bond donors (Lipinski definition) is 0. The van der Waals surface area contributed by atoms with Crippen molar-refractivity contribution in [1.29, 1.82) is 0 Å². The monoisotopic (exact) mass is 361 g/mol. The fourth-order valence-electron chi connectivity index (χ4n) is 1.96. The summed E-state index contributed by atoms with van der Waals surface area (Å²) in [6, 6.07) is 13.3. The average Bonchev–Trinajstić information content (AvgIpc) is 2.53. The second kappa shape index (κ2) is 7.00. The molecule has 2 aromatic rings. The van der Waals surface area contributed by atoms with Crippen molar-refractivity contribution in [3.05, 3.63) is 74.2 Å². The van der Waals surface area contributed by atoms with Crippen molar-refractivity contribution in [3.8, 4) is 0 Å². The topological polar surface area (TPSA) is 69.4 Å². The van der Waals surface area contributed by atoms with Gasteiger partial charge in [0.05, 0.1) is 23.2 Å². The molecule has 0 aliphatic heterocycles. The van der Waals surface area contributed by atoms with Gasteiger partial charge < -0.3 is 4.74 Å². The van der Waals surface area contributed by atoms with Crippen LogP contribution in [0.25, 0.3) is 11.6 Å². The first-order valence-corrected chi connectivity index (χ1v) is 7.12. The Morgan fingerprint density at radius 3 is 2.45 bits per heavy atom. The number of esters is 1. The molecular weight excluding hydrogens is 350 g/mol. The number of benzene rings is 2. The van der Waals surface area contributed by atoms with Crippen LogP contribution in [0.15, 0.2) is 53.0 Å². The number of nitro groups is 1. The van der Waals surface area contributed by atoms with Gasteiger partial charge in [-0.15, -0.1) is 0 Å². The van der Waals surface area contributed by atoms with Crippen LogP contribution < -0.4 is 0 Å². The number of ether oxygens (including phenoxy) is 1. The standard InChI is InChI=1S/C16H12BrNO4/c1-22-16(19)13(10-11-6-2-4-8-14(11)17)12-7-3-5-9-15(12)18(20)21/h2-10H,1H3/b13-10+. The molecule has 2 rings (SSSR count). The second-order valence-electron chi connectivity index (χ2n) is 4.35. The molecule has 112 valence electrons. The Labute approximate surface area is 135 Å². The molecular formula is C16H12BrNO4. The third-order valence-corrected chi connectivity index (χ3v) is 3.72. The van der Waals surface area contributed by atoms with Crippen LogP contribution in [0.2, 0.25) is 0 Å². The van der Waals surface area contributed by atoms with Crippen molar-refractivity contribution < 1.29 is 14.5 Å². The van der Waals surface area contributed by atoms with Crippen LogP contribution in [0.4, 0.5) is 5.69 Å². The van der Waals surface area contributed by atoms with Crippen LogP contribution in [-0.4, -0.2) is 18.0 Å². The van der Waals surface area contributed by atoms with E-state index < -0.39 is 10.9 Å². The Bertz CT molecular complexity index is 755. The number of carbonyl (C=O) groups excluding carboxylic acids is 1. The van der Waals surface area contributed by atoms with Gasteiger partial charge in [0, 0.05) is 10.5 Å². The summed E-state index contributed by atoms with van der Waals surface area (Å²) in [7, 11) is 1.24. The minimum atomic E-state index is -0.634.